The Kier molecular flexibility index (Phi) is 2.37. The van der Waals surface area contributed by atoms with Crippen LogP contribution >= 0.6 is 0 Å². The molecule has 0 saturated heterocycles. The van der Waals surface area contributed by atoms with Gasteiger partial charge in [-0.15, -0.1) is 0 Å². The van der Waals surface area contributed by atoms with Crippen LogP contribution in [0.1, 0.15) is 0 Å². The SMILES string of the molecule is c1ccc2cc3cc4c(cc3cc2c1)c1cccnc1n1cccc41. The fourth-order valence-electron chi connectivity index (χ4n) is 4.01. The molecule has 116 valence electrons. The summed E-state index contributed by atoms with van der Waals surface area (Å²) in [7, 11) is 0. The number of aromatic nitrogens is 2. The number of hydrogen-bond acceptors (Lipinski definition) is 1. The van der Waals surface area contributed by atoms with Gasteiger partial charge in [-0.05, 0) is 75.5 Å². The maximum Gasteiger partial charge on any atom is 0.144 e. The second-order valence-electron chi connectivity index (χ2n) is 6.58. The predicted octanol–water partition coefficient (Wildman–Crippen LogP) is 5.95. The van der Waals surface area contributed by atoms with Gasteiger partial charge in [-0.3, -0.25) is 0 Å². The second-order valence-corrected chi connectivity index (χ2v) is 6.58. The summed E-state index contributed by atoms with van der Waals surface area (Å²) in [5.41, 5.74) is 2.21. The summed E-state index contributed by atoms with van der Waals surface area (Å²) in [4.78, 5) is 4.62. The van der Waals surface area contributed by atoms with E-state index in [1.54, 1.807) is 0 Å². The molecule has 0 aliphatic carbocycles. The van der Waals surface area contributed by atoms with E-state index in [9.17, 15) is 0 Å². The topological polar surface area (TPSA) is 17.3 Å². The summed E-state index contributed by atoms with van der Waals surface area (Å²) in [5.74, 6) is 0. The molecule has 0 aliphatic rings. The minimum absolute atomic E-state index is 1.01. The van der Waals surface area contributed by atoms with Gasteiger partial charge in [0.1, 0.15) is 5.65 Å². The first-order chi connectivity index (χ1) is 12.4. The summed E-state index contributed by atoms with van der Waals surface area (Å²) in [5, 5.41) is 8.83. The minimum Gasteiger partial charge on any atom is -0.301 e. The van der Waals surface area contributed by atoms with Gasteiger partial charge in [0.15, 0.2) is 0 Å². The number of hydrogen-bond donors (Lipinski definition) is 0. The van der Waals surface area contributed by atoms with Gasteiger partial charge < -0.3 is 4.40 Å². The molecular weight excluding hydrogens is 304 g/mol. The van der Waals surface area contributed by atoms with Crippen LogP contribution in [0.2, 0.25) is 0 Å². The molecule has 0 atom stereocenters. The molecule has 0 spiro atoms. The van der Waals surface area contributed by atoms with Crippen molar-refractivity contribution in [2.75, 3.05) is 0 Å². The van der Waals surface area contributed by atoms with Gasteiger partial charge in [-0.2, -0.15) is 0 Å². The van der Waals surface area contributed by atoms with Crippen molar-refractivity contribution < 1.29 is 0 Å². The highest BCUT2D eigenvalue weighted by Crippen LogP contribution is 2.33. The Morgan fingerprint density at radius 1 is 0.600 bits per heavy atom. The van der Waals surface area contributed by atoms with E-state index in [1.165, 1.54) is 43.2 Å². The number of benzene rings is 3. The van der Waals surface area contributed by atoms with Gasteiger partial charge in [-0.1, -0.05) is 24.3 Å². The van der Waals surface area contributed by atoms with E-state index in [1.807, 2.05) is 12.3 Å². The van der Waals surface area contributed by atoms with Gasteiger partial charge in [0.2, 0.25) is 0 Å². The van der Waals surface area contributed by atoms with Crippen molar-refractivity contribution in [1.82, 2.24) is 9.38 Å². The van der Waals surface area contributed by atoms with Crippen molar-refractivity contribution in [1.29, 1.82) is 0 Å². The van der Waals surface area contributed by atoms with Crippen LogP contribution in [0, 0.1) is 0 Å². The summed E-state index contributed by atoms with van der Waals surface area (Å²) >= 11 is 0. The molecule has 0 amide bonds. The molecule has 0 aliphatic heterocycles. The quantitative estimate of drug-likeness (QED) is 0.250. The molecule has 0 fully saturated rings. The molecule has 2 heteroatoms. The van der Waals surface area contributed by atoms with Gasteiger partial charge in [0.05, 0.1) is 5.52 Å². The molecule has 0 unspecified atom stereocenters. The normalized spacial score (nSPS) is 12.0. The highest BCUT2D eigenvalue weighted by atomic mass is 15.0. The maximum absolute atomic E-state index is 4.62. The molecule has 0 saturated carbocycles. The van der Waals surface area contributed by atoms with Crippen LogP contribution in [0.5, 0.6) is 0 Å². The van der Waals surface area contributed by atoms with Gasteiger partial charge in [-0.25, -0.2) is 4.98 Å². The zero-order chi connectivity index (χ0) is 16.4. The van der Waals surface area contributed by atoms with Gasteiger partial charge in [0, 0.05) is 23.2 Å². The van der Waals surface area contributed by atoms with Gasteiger partial charge in [0.25, 0.3) is 0 Å². The third-order valence-corrected chi connectivity index (χ3v) is 5.17. The molecule has 6 aromatic rings. The Balaban J connectivity index is 1.91. The molecule has 25 heavy (non-hydrogen) atoms. The number of pyridine rings is 2. The molecule has 2 nitrogen and oxygen atoms in total. The third kappa shape index (κ3) is 1.71. The number of fused-ring (bicyclic) bond motifs is 8. The van der Waals surface area contributed by atoms with Crippen molar-refractivity contribution in [3.63, 3.8) is 0 Å². The monoisotopic (exact) mass is 318 g/mol. The lowest BCUT2D eigenvalue weighted by atomic mass is 9.98. The summed E-state index contributed by atoms with van der Waals surface area (Å²) in [6, 6.07) is 26.2. The van der Waals surface area contributed by atoms with Crippen LogP contribution in [0.15, 0.2) is 85.2 Å². The smallest absolute Gasteiger partial charge is 0.144 e. The summed E-state index contributed by atoms with van der Waals surface area (Å²) < 4.78 is 2.19. The van der Waals surface area contributed by atoms with E-state index >= 15 is 0 Å². The predicted molar refractivity (Wildman–Crippen MR) is 105 cm³/mol. The lowest BCUT2D eigenvalue weighted by Crippen LogP contribution is -1.92. The Morgan fingerprint density at radius 3 is 2.16 bits per heavy atom. The number of nitrogens with zero attached hydrogens (tertiary/aromatic N) is 2. The van der Waals surface area contributed by atoms with Crippen LogP contribution in [-0.4, -0.2) is 9.38 Å². The van der Waals surface area contributed by atoms with Crippen LogP contribution in [0.3, 0.4) is 0 Å². The van der Waals surface area contributed by atoms with Crippen molar-refractivity contribution in [3.05, 3.63) is 85.2 Å². The van der Waals surface area contributed by atoms with Crippen molar-refractivity contribution in [3.8, 4) is 0 Å². The average Bonchev–Trinajstić information content (AvgIpc) is 3.15. The zero-order valence-corrected chi connectivity index (χ0v) is 13.5. The van der Waals surface area contributed by atoms with Crippen molar-refractivity contribution >= 4 is 48.9 Å². The Labute approximate surface area is 143 Å². The van der Waals surface area contributed by atoms with Crippen LogP contribution in [0.25, 0.3) is 48.9 Å². The fraction of sp³-hybridized carbons (Fsp3) is 0. The zero-order valence-electron chi connectivity index (χ0n) is 13.5. The first kappa shape index (κ1) is 13.0. The largest absolute Gasteiger partial charge is 0.301 e. The molecule has 3 heterocycles. The Hall–Kier alpha value is -3.39. The highest BCUT2D eigenvalue weighted by molar-refractivity contribution is 6.17. The first-order valence-electron chi connectivity index (χ1n) is 8.48. The molecule has 0 radical (unpaired) electrons. The average molecular weight is 318 g/mol. The van der Waals surface area contributed by atoms with Crippen LogP contribution in [0.4, 0.5) is 0 Å². The van der Waals surface area contributed by atoms with E-state index in [0.717, 1.165) is 5.65 Å². The minimum atomic E-state index is 1.01. The highest BCUT2D eigenvalue weighted by Gasteiger charge is 2.10. The first-order valence-corrected chi connectivity index (χ1v) is 8.48. The van der Waals surface area contributed by atoms with E-state index in [2.05, 4.69) is 82.3 Å². The van der Waals surface area contributed by atoms with E-state index in [0.29, 0.717) is 0 Å². The van der Waals surface area contributed by atoms with E-state index < -0.39 is 0 Å². The maximum atomic E-state index is 4.62. The summed E-state index contributed by atoms with van der Waals surface area (Å²) in [6.07, 6.45) is 3.96. The van der Waals surface area contributed by atoms with E-state index in [4.69, 9.17) is 0 Å². The van der Waals surface area contributed by atoms with Crippen molar-refractivity contribution in [2.45, 2.75) is 0 Å². The number of rotatable bonds is 0. The fourth-order valence-corrected chi connectivity index (χ4v) is 4.01. The lowest BCUT2D eigenvalue weighted by Gasteiger charge is -2.10. The van der Waals surface area contributed by atoms with Crippen LogP contribution < -0.4 is 0 Å². The second kappa shape index (κ2) is 4.58. The standard InChI is InChI=1S/C23H14N2/c1-2-6-16-12-18-14-21-20(13-17(18)11-15(16)5-1)19-7-3-9-24-23(19)25-10-4-8-22(21)25/h1-14H. The van der Waals surface area contributed by atoms with Crippen LogP contribution in [-0.2, 0) is 0 Å². The molecule has 6 rings (SSSR count). The van der Waals surface area contributed by atoms with E-state index in [-0.39, 0.29) is 0 Å². The summed E-state index contributed by atoms with van der Waals surface area (Å²) in [6.45, 7) is 0. The molecule has 0 bridgehead atoms. The molecule has 3 aromatic heterocycles. The van der Waals surface area contributed by atoms with Gasteiger partial charge >= 0.3 is 0 Å². The molecule has 0 N–H and O–H groups in total. The third-order valence-electron chi connectivity index (χ3n) is 5.17. The molecule has 3 aromatic carbocycles. The Bertz CT molecular complexity index is 1440. The molecular formula is C23H14N2. The van der Waals surface area contributed by atoms with Crippen molar-refractivity contribution in [2.24, 2.45) is 0 Å². The Morgan fingerprint density at radius 2 is 1.36 bits per heavy atom. The lowest BCUT2D eigenvalue weighted by molar-refractivity contribution is 1.21.